The monoisotopic (exact) mass is 342 g/mol. The number of nitrogens with zero attached hydrogens (tertiary/aromatic N) is 2. The van der Waals surface area contributed by atoms with Crippen LogP contribution in [0.25, 0.3) is 0 Å². The maximum atomic E-state index is 11.3. The van der Waals surface area contributed by atoms with Crippen molar-refractivity contribution < 1.29 is 19.8 Å². The molecule has 0 aromatic heterocycles. The summed E-state index contributed by atoms with van der Waals surface area (Å²) in [5, 5.41) is 19.3. The lowest BCUT2D eigenvalue weighted by Crippen LogP contribution is -2.62. The molecule has 0 aliphatic carbocycles. The van der Waals surface area contributed by atoms with Crippen LogP contribution in [-0.4, -0.2) is 70.2 Å². The Morgan fingerprint density at radius 2 is 1.00 bits per heavy atom. The molecule has 2 aliphatic rings. The number of carbonyl (C=O) groups excluding carboxylic acids is 2. The van der Waals surface area contributed by atoms with Crippen LogP contribution in [0.3, 0.4) is 0 Å². The first-order chi connectivity index (χ1) is 10.9. The number of aliphatic hydroxyl groups is 2. The van der Waals surface area contributed by atoms with E-state index in [4.69, 9.17) is 0 Å². The zero-order chi connectivity index (χ0) is 18.9. The molecule has 2 fully saturated rings. The van der Waals surface area contributed by atoms with E-state index in [-0.39, 0.29) is 47.6 Å². The third-order valence-electron chi connectivity index (χ3n) is 5.63. The maximum Gasteiger partial charge on any atom is 0.230 e. The molecule has 0 radical (unpaired) electrons. The molecule has 2 aliphatic heterocycles. The van der Waals surface area contributed by atoms with Crippen molar-refractivity contribution >= 4 is 11.8 Å². The standard InChI is InChI=1S/2C9H17NO2/c2*1-5(2)8(11)7-6(3)10(4)9(7)12/h2*5-8,11H,1-4H3/t6-,7-,8+;6-,7-,8-/m11/s1. The van der Waals surface area contributed by atoms with E-state index < -0.39 is 12.2 Å². The summed E-state index contributed by atoms with van der Waals surface area (Å²) in [5.74, 6) is 0.127. The van der Waals surface area contributed by atoms with Gasteiger partial charge in [0.25, 0.3) is 0 Å². The van der Waals surface area contributed by atoms with E-state index in [0.717, 1.165) is 0 Å². The Labute approximate surface area is 145 Å². The lowest BCUT2D eigenvalue weighted by atomic mass is 9.80. The Bertz CT molecular complexity index is 424. The highest BCUT2D eigenvalue weighted by molar-refractivity contribution is 5.86. The molecule has 2 N–H and O–H groups in total. The molecule has 0 aromatic carbocycles. The average molecular weight is 342 g/mol. The predicted octanol–water partition coefficient (Wildman–Crippen LogP) is 0.960. The number of rotatable bonds is 4. The van der Waals surface area contributed by atoms with Gasteiger partial charge in [-0.05, 0) is 25.7 Å². The average Bonchev–Trinajstić information content (AvgIpc) is 2.54. The molecular formula is C18H34N2O4. The van der Waals surface area contributed by atoms with Gasteiger partial charge in [-0.1, -0.05) is 27.7 Å². The minimum absolute atomic E-state index is 0.0729. The van der Waals surface area contributed by atoms with Gasteiger partial charge in [0.1, 0.15) is 0 Å². The van der Waals surface area contributed by atoms with Crippen molar-refractivity contribution in [3.05, 3.63) is 0 Å². The SMILES string of the molecule is CC(C)[C@@H](O)[C@@H]1C(=O)N(C)[C@@H]1C.CC(C)[C@H](O)[C@@H]1C(=O)N(C)[C@@H]1C. The van der Waals surface area contributed by atoms with Gasteiger partial charge in [-0.15, -0.1) is 0 Å². The van der Waals surface area contributed by atoms with E-state index in [0.29, 0.717) is 0 Å². The Morgan fingerprint density at radius 1 is 0.750 bits per heavy atom. The van der Waals surface area contributed by atoms with E-state index >= 15 is 0 Å². The van der Waals surface area contributed by atoms with Crippen LogP contribution in [0.2, 0.25) is 0 Å². The highest BCUT2D eigenvalue weighted by atomic mass is 16.3. The second-order valence-corrected chi connectivity index (χ2v) is 7.90. The van der Waals surface area contributed by atoms with Crippen molar-refractivity contribution in [3.63, 3.8) is 0 Å². The molecule has 0 spiro atoms. The molecular weight excluding hydrogens is 308 g/mol. The van der Waals surface area contributed by atoms with Crippen LogP contribution in [-0.2, 0) is 9.59 Å². The van der Waals surface area contributed by atoms with Crippen molar-refractivity contribution in [1.82, 2.24) is 9.80 Å². The molecule has 6 atom stereocenters. The Balaban J connectivity index is 0.000000240. The highest BCUT2D eigenvalue weighted by Crippen LogP contribution is 2.31. The zero-order valence-electron chi connectivity index (χ0n) is 16.2. The van der Waals surface area contributed by atoms with Crippen LogP contribution in [0.1, 0.15) is 41.5 Å². The van der Waals surface area contributed by atoms with Crippen LogP contribution in [0.4, 0.5) is 0 Å². The molecule has 2 heterocycles. The van der Waals surface area contributed by atoms with Gasteiger partial charge in [-0.2, -0.15) is 0 Å². The third kappa shape index (κ3) is 3.75. The van der Waals surface area contributed by atoms with Gasteiger partial charge in [-0.25, -0.2) is 0 Å². The first kappa shape index (κ1) is 20.9. The topological polar surface area (TPSA) is 81.1 Å². The Morgan fingerprint density at radius 3 is 1.17 bits per heavy atom. The number of hydrogen-bond donors (Lipinski definition) is 2. The lowest BCUT2D eigenvalue weighted by molar-refractivity contribution is -0.163. The van der Waals surface area contributed by atoms with Gasteiger partial charge in [0, 0.05) is 26.2 Å². The van der Waals surface area contributed by atoms with Gasteiger partial charge in [0.15, 0.2) is 0 Å². The van der Waals surface area contributed by atoms with Crippen molar-refractivity contribution in [2.24, 2.45) is 23.7 Å². The fraction of sp³-hybridized carbons (Fsp3) is 0.889. The normalized spacial score (nSPS) is 32.2. The van der Waals surface area contributed by atoms with Gasteiger partial charge < -0.3 is 20.0 Å². The summed E-state index contributed by atoms with van der Waals surface area (Å²) in [6, 6.07) is 0.379. The van der Waals surface area contributed by atoms with Crippen LogP contribution >= 0.6 is 0 Å². The number of aliphatic hydroxyl groups excluding tert-OH is 2. The minimum Gasteiger partial charge on any atom is -0.392 e. The number of amides is 2. The molecule has 2 amide bonds. The summed E-state index contributed by atoms with van der Waals surface area (Å²) < 4.78 is 0. The molecule has 24 heavy (non-hydrogen) atoms. The van der Waals surface area contributed by atoms with Crippen LogP contribution in [0.5, 0.6) is 0 Å². The summed E-state index contributed by atoms with van der Waals surface area (Å²) in [6.45, 7) is 11.7. The molecule has 0 bridgehead atoms. The van der Waals surface area contributed by atoms with Gasteiger partial charge in [-0.3, -0.25) is 9.59 Å². The molecule has 2 saturated heterocycles. The number of carbonyl (C=O) groups is 2. The number of likely N-dealkylation sites (tertiary alicyclic amines) is 2. The van der Waals surface area contributed by atoms with Gasteiger partial charge >= 0.3 is 0 Å². The van der Waals surface area contributed by atoms with Crippen molar-refractivity contribution in [1.29, 1.82) is 0 Å². The van der Waals surface area contributed by atoms with Crippen LogP contribution in [0.15, 0.2) is 0 Å². The van der Waals surface area contributed by atoms with Crippen molar-refractivity contribution in [3.8, 4) is 0 Å². The Kier molecular flexibility index (Phi) is 6.82. The van der Waals surface area contributed by atoms with E-state index in [1.165, 1.54) is 0 Å². The lowest BCUT2D eigenvalue weighted by Gasteiger charge is -2.46. The quantitative estimate of drug-likeness (QED) is 0.746. The van der Waals surface area contributed by atoms with Crippen molar-refractivity contribution in [2.45, 2.75) is 65.8 Å². The molecule has 0 unspecified atom stereocenters. The third-order valence-corrected chi connectivity index (χ3v) is 5.63. The van der Waals surface area contributed by atoms with Gasteiger partial charge in [0.05, 0.1) is 24.0 Å². The van der Waals surface area contributed by atoms with E-state index in [9.17, 15) is 19.8 Å². The fourth-order valence-electron chi connectivity index (χ4n) is 3.29. The van der Waals surface area contributed by atoms with Crippen LogP contribution in [0, 0.1) is 23.7 Å². The van der Waals surface area contributed by atoms with Gasteiger partial charge in [0.2, 0.25) is 11.8 Å². The smallest absolute Gasteiger partial charge is 0.230 e. The second kappa shape index (κ2) is 7.83. The van der Waals surface area contributed by atoms with E-state index in [2.05, 4.69) is 0 Å². The van der Waals surface area contributed by atoms with Crippen molar-refractivity contribution in [2.75, 3.05) is 14.1 Å². The second-order valence-electron chi connectivity index (χ2n) is 7.90. The molecule has 140 valence electrons. The largest absolute Gasteiger partial charge is 0.392 e. The first-order valence-corrected chi connectivity index (χ1v) is 8.82. The fourth-order valence-corrected chi connectivity index (χ4v) is 3.29. The molecule has 6 nitrogen and oxygen atoms in total. The summed E-state index contributed by atoms with van der Waals surface area (Å²) in [4.78, 5) is 25.9. The summed E-state index contributed by atoms with van der Waals surface area (Å²) in [6.07, 6.45) is -0.965. The first-order valence-electron chi connectivity index (χ1n) is 8.82. The summed E-state index contributed by atoms with van der Waals surface area (Å²) in [5.41, 5.74) is 0. The van der Waals surface area contributed by atoms with E-state index in [1.807, 2.05) is 41.5 Å². The number of β-lactam (4-membered cyclic amide) rings is 2. The maximum absolute atomic E-state index is 11.3. The number of hydrogen-bond acceptors (Lipinski definition) is 4. The summed E-state index contributed by atoms with van der Waals surface area (Å²) >= 11 is 0. The minimum atomic E-state index is -0.483. The Hall–Kier alpha value is -1.14. The molecule has 0 aromatic rings. The zero-order valence-corrected chi connectivity index (χ0v) is 16.2. The highest BCUT2D eigenvalue weighted by Gasteiger charge is 2.47. The molecule has 2 rings (SSSR count). The predicted molar refractivity (Wildman–Crippen MR) is 93.1 cm³/mol. The van der Waals surface area contributed by atoms with Crippen LogP contribution < -0.4 is 0 Å². The summed E-state index contributed by atoms with van der Waals surface area (Å²) in [7, 11) is 3.55. The molecule has 0 saturated carbocycles. The van der Waals surface area contributed by atoms with E-state index in [1.54, 1.807) is 23.9 Å². The molecule has 6 heteroatoms.